The summed E-state index contributed by atoms with van der Waals surface area (Å²) in [5, 5.41) is 13.6. The molecule has 122 valence electrons. The Morgan fingerprint density at radius 2 is 2.09 bits per heavy atom. The highest BCUT2D eigenvalue weighted by Crippen LogP contribution is 2.21. The van der Waals surface area contributed by atoms with Gasteiger partial charge in [0, 0.05) is 24.3 Å². The van der Waals surface area contributed by atoms with Crippen LogP contribution in [0.1, 0.15) is 33.5 Å². The standard InChI is InChI=1S/C16H18N2O5/c1-10-8-12(5-6-14(10)18(20)21)16(19)17-13(9-22-3)15-7-4-11(2)23-15/h4-8,13H,9H2,1-3H3,(H,17,19). The van der Waals surface area contributed by atoms with Crippen LogP contribution < -0.4 is 5.32 Å². The zero-order valence-corrected chi connectivity index (χ0v) is 13.2. The van der Waals surface area contributed by atoms with Crippen LogP contribution in [0.4, 0.5) is 5.69 Å². The van der Waals surface area contributed by atoms with Gasteiger partial charge in [-0.2, -0.15) is 0 Å². The van der Waals surface area contributed by atoms with E-state index in [0.29, 0.717) is 16.9 Å². The van der Waals surface area contributed by atoms with Gasteiger partial charge in [-0.05, 0) is 38.1 Å². The number of nitro groups is 1. The third-order valence-electron chi connectivity index (χ3n) is 3.40. The van der Waals surface area contributed by atoms with Crippen molar-refractivity contribution >= 4 is 11.6 Å². The predicted molar refractivity (Wildman–Crippen MR) is 83.4 cm³/mol. The predicted octanol–water partition coefficient (Wildman–Crippen LogP) is 2.92. The molecule has 1 aromatic carbocycles. The summed E-state index contributed by atoms with van der Waals surface area (Å²) in [6.07, 6.45) is 0. The van der Waals surface area contributed by atoms with Gasteiger partial charge in [-0.15, -0.1) is 0 Å². The molecule has 7 heteroatoms. The van der Waals surface area contributed by atoms with Gasteiger partial charge in [0.2, 0.25) is 0 Å². The van der Waals surface area contributed by atoms with E-state index in [2.05, 4.69) is 5.32 Å². The average Bonchev–Trinajstić information content (AvgIpc) is 2.92. The Kier molecular flexibility index (Phi) is 5.13. The Bertz CT molecular complexity index is 723. The van der Waals surface area contributed by atoms with E-state index in [-0.39, 0.29) is 18.2 Å². The van der Waals surface area contributed by atoms with E-state index in [9.17, 15) is 14.9 Å². The van der Waals surface area contributed by atoms with Crippen LogP contribution in [0.25, 0.3) is 0 Å². The van der Waals surface area contributed by atoms with Crippen molar-refractivity contribution in [1.29, 1.82) is 0 Å². The summed E-state index contributed by atoms with van der Waals surface area (Å²) in [7, 11) is 1.53. The molecule has 0 aliphatic heterocycles. The number of hydrogen-bond acceptors (Lipinski definition) is 5. The van der Waals surface area contributed by atoms with Gasteiger partial charge in [0.1, 0.15) is 17.6 Å². The molecule has 0 radical (unpaired) electrons. The van der Waals surface area contributed by atoms with Gasteiger partial charge in [-0.3, -0.25) is 14.9 Å². The third-order valence-corrected chi connectivity index (χ3v) is 3.40. The van der Waals surface area contributed by atoms with Crippen molar-refractivity contribution < 1.29 is 18.9 Å². The molecule has 0 saturated heterocycles. The fourth-order valence-corrected chi connectivity index (χ4v) is 2.25. The van der Waals surface area contributed by atoms with E-state index in [1.165, 1.54) is 25.3 Å². The maximum Gasteiger partial charge on any atom is 0.272 e. The summed E-state index contributed by atoms with van der Waals surface area (Å²) in [4.78, 5) is 22.7. The number of nitrogens with one attached hydrogen (secondary N) is 1. The molecular weight excluding hydrogens is 300 g/mol. The van der Waals surface area contributed by atoms with E-state index in [1.54, 1.807) is 19.1 Å². The van der Waals surface area contributed by atoms with Crippen LogP contribution in [-0.4, -0.2) is 24.5 Å². The van der Waals surface area contributed by atoms with Crippen molar-refractivity contribution in [2.75, 3.05) is 13.7 Å². The number of furan rings is 1. The van der Waals surface area contributed by atoms with Crippen LogP contribution in [0.2, 0.25) is 0 Å². The van der Waals surface area contributed by atoms with E-state index in [1.807, 2.05) is 6.92 Å². The maximum atomic E-state index is 12.4. The van der Waals surface area contributed by atoms with Crippen molar-refractivity contribution in [2.45, 2.75) is 19.9 Å². The molecule has 2 rings (SSSR count). The number of hydrogen-bond donors (Lipinski definition) is 1. The van der Waals surface area contributed by atoms with E-state index >= 15 is 0 Å². The topological polar surface area (TPSA) is 94.6 Å². The molecule has 23 heavy (non-hydrogen) atoms. The van der Waals surface area contributed by atoms with Crippen LogP contribution in [0.5, 0.6) is 0 Å². The number of rotatable bonds is 6. The van der Waals surface area contributed by atoms with Gasteiger partial charge in [0.15, 0.2) is 0 Å². The van der Waals surface area contributed by atoms with Crippen LogP contribution in [0.3, 0.4) is 0 Å². The first kappa shape index (κ1) is 16.7. The zero-order chi connectivity index (χ0) is 17.0. The normalized spacial score (nSPS) is 12.0. The number of nitro benzene ring substituents is 1. The van der Waals surface area contributed by atoms with Crippen LogP contribution >= 0.6 is 0 Å². The van der Waals surface area contributed by atoms with Gasteiger partial charge < -0.3 is 14.5 Å². The van der Waals surface area contributed by atoms with Gasteiger partial charge in [-0.25, -0.2) is 0 Å². The molecule has 1 atom stereocenters. The van der Waals surface area contributed by atoms with Crippen LogP contribution in [-0.2, 0) is 4.74 Å². The highest BCUT2D eigenvalue weighted by atomic mass is 16.6. The Labute approximate surface area is 133 Å². The first-order valence-corrected chi connectivity index (χ1v) is 7.03. The maximum absolute atomic E-state index is 12.4. The van der Waals surface area contributed by atoms with Gasteiger partial charge in [0.25, 0.3) is 11.6 Å². The van der Waals surface area contributed by atoms with Crippen LogP contribution in [0.15, 0.2) is 34.7 Å². The second kappa shape index (κ2) is 7.06. The Morgan fingerprint density at radius 1 is 1.35 bits per heavy atom. The Hall–Kier alpha value is -2.67. The number of carbonyl (C=O) groups is 1. The highest BCUT2D eigenvalue weighted by Gasteiger charge is 2.20. The zero-order valence-electron chi connectivity index (χ0n) is 13.2. The summed E-state index contributed by atoms with van der Waals surface area (Å²) in [5.74, 6) is 0.983. The van der Waals surface area contributed by atoms with E-state index in [4.69, 9.17) is 9.15 Å². The lowest BCUT2D eigenvalue weighted by molar-refractivity contribution is -0.385. The summed E-state index contributed by atoms with van der Waals surface area (Å²) >= 11 is 0. The smallest absolute Gasteiger partial charge is 0.272 e. The summed E-state index contributed by atoms with van der Waals surface area (Å²) in [5.41, 5.74) is 0.758. The Balaban J connectivity index is 2.18. The minimum Gasteiger partial charge on any atom is -0.464 e. The number of methoxy groups -OCH3 is 1. The number of benzene rings is 1. The van der Waals surface area contributed by atoms with Crippen molar-refractivity contribution in [3.05, 3.63) is 63.1 Å². The van der Waals surface area contributed by atoms with E-state index in [0.717, 1.165) is 5.76 Å². The van der Waals surface area contributed by atoms with Gasteiger partial charge in [-0.1, -0.05) is 0 Å². The molecule has 0 fully saturated rings. The average molecular weight is 318 g/mol. The molecule has 1 amide bonds. The fraction of sp³-hybridized carbons (Fsp3) is 0.312. The summed E-state index contributed by atoms with van der Waals surface area (Å²) in [6.45, 7) is 3.66. The SMILES string of the molecule is COCC(NC(=O)c1ccc([N+](=O)[O-])c(C)c1)c1ccc(C)o1. The third kappa shape index (κ3) is 3.95. The van der Waals surface area contributed by atoms with Crippen molar-refractivity contribution in [3.63, 3.8) is 0 Å². The lowest BCUT2D eigenvalue weighted by atomic mass is 10.1. The second-order valence-corrected chi connectivity index (χ2v) is 5.19. The number of nitrogens with zero attached hydrogens (tertiary/aromatic N) is 1. The number of ether oxygens (including phenoxy) is 1. The number of amides is 1. The molecule has 0 saturated carbocycles. The molecule has 0 spiro atoms. The minimum absolute atomic E-state index is 0.0170. The lowest BCUT2D eigenvalue weighted by Gasteiger charge is -2.16. The van der Waals surface area contributed by atoms with Crippen molar-refractivity contribution in [3.8, 4) is 0 Å². The van der Waals surface area contributed by atoms with Crippen molar-refractivity contribution in [1.82, 2.24) is 5.32 Å². The molecule has 0 aliphatic rings. The molecule has 0 aliphatic carbocycles. The van der Waals surface area contributed by atoms with Crippen LogP contribution in [0, 0.1) is 24.0 Å². The molecule has 1 heterocycles. The van der Waals surface area contributed by atoms with Gasteiger partial charge >= 0.3 is 0 Å². The molecule has 1 N–H and O–H groups in total. The first-order valence-electron chi connectivity index (χ1n) is 7.03. The highest BCUT2D eigenvalue weighted by molar-refractivity contribution is 5.95. The number of aryl methyl sites for hydroxylation is 2. The first-order chi connectivity index (χ1) is 10.9. The molecular formula is C16H18N2O5. The van der Waals surface area contributed by atoms with Gasteiger partial charge in [0.05, 0.1) is 11.5 Å². The number of carbonyl (C=O) groups excluding carboxylic acids is 1. The molecule has 1 aromatic heterocycles. The molecule has 2 aromatic rings. The minimum atomic E-state index is -0.476. The largest absolute Gasteiger partial charge is 0.464 e. The molecule has 1 unspecified atom stereocenters. The molecule has 7 nitrogen and oxygen atoms in total. The molecule has 0 bridgehead atoms. The summed E-state index contributed by atoms with van der Waals surface area (Å²) in [6, 6.07) is 7.40. The Morgan fingerprint density at radius 3 is 2.61 bits per heavy atom. The van der Waals surface area contributed by atoms with E-state index < -0.39 is 11.0 Å². The quantitative estimate of drug-likeness (QED) is 0.652. The summed E-state index contributed by atoms with van der Waals surface area (Å²) < 4.78 is 10.6. The fourth-order valence-electron chi connectivity index (χ4n) is 2.25. The second-order valence-electron chi connectivity index (χ2n) is 5.19. The lowest BCUT2D eigenvalue weighted by Crippen LogP contribution is -2.31. The monoisotopic (exact) mass is 318 g/mol. The van der Waals surface area contributed by atoms with Crippen molar-refractivity contribution in [2.24, 2.45) is 0 Å².